The minimum atomic E-state index is 0.0936. The average molecular weight is 254 g/mol. The van der Waals surface area contributed by atoms with Crippen LogP contribution in [-0.4, -0.2) is 18.0 Å². The molecule has 0 heterocycles. The minimum absolute atomic E-state index is 0.0936. The predicted molar refractivity (Wildman–Crippen MR) is 80.7 cm³/mol. The molecule has 0 saturated heterocycles. The topological polar surface area (TPSA) is 29.3 Å². The van der Waals surface area contributed by atoms with Crippen LogP contribution in [0.15, 0.2) is 60.7 Å². The normalized spacial score (nSPS) is 14.3. The summed E-state index contributed by atoms with van der Waals surface area (Å²) >= 11 is 0. The smallest absolute Gasteiger partial charge is 0.0496 e. The number of likely N-dealkylation sites (N-methyl/N-ethyl adjacent to an activating group) is 1. The van der Waals surface area contributed by atoms with Gasteiger partial charge in [0.15, 0.2) is 0 Å². The molecule has 0 aliphatic rings. The zero-order chi connectivity index (χ0) is 13.7. The van der Waals surface area contributed by atoms with Crippen molar-refractivity contribution in [2.75, 3.05) is 7.05 Å². The van der Waals surface area contributed by atoms with E-state index in [1.54, 1.807) is 0 Å². The minimum Gasteiger partial charge on any atom is -0.326 e. The van der Waals surface area contributed by atoms with Crippen LogP contribution in [0, 0.1) is 0 Å². The summed E-state index contributed by atoms with van der Waals surface area (Å²) in [7, 11) is 2.13. The third kappa shape index (κ3) is 3.66. The molecule has 0 aliphatic heterocycles. The Hall–Kier alpha value is -1.64. The van der Waals surface area contributed by atoms with E-state index >= 15 is 0 Å². The van der Waals surface area contributed by atoms with Gasteiger partial charge in [0, 0.05) is 18.6 Å². The van der Waals surface area contributed by atoms with Crippen molar-refractivity contribution in [2.45, 2.75) is 25.6 Å². The molecule has 2 nitrogen and oxygen atoms in total. The van der Waals surface area contributed by atoms with Gasteiger partial charge in [0.25, 0.3) is 0 Å². The highest BCUT2D eigenvalue weighted by atomic mass is 15.1. The van der Waals surface area contributed by atoms with Crippen LogP contribution < -0.4 is 5.73 Å². The Morgan fingerprint density at radius 1 is 0.947 bits per heavy atom. The van der Waals surface area contributed by atoms with E-state index in [1.807, 2.05) is 12.1 Å². The van der Waals surface area contributed by atoms with Gasteiger partial charge in [-0.05, 0) is 25.1 Å². The molecule has 0 aromatic heterocycles. The third-order valence-electron chi connectivity index (χ3n) is 3.39. The first kappa shape index (κ1) is 13.8. The van der Waals surface area contributed by atoms with Crippen molar-refractivity contribution in [3.05, 3.63) is 71.8 Å². The zero-order valence-electron chi connectivity index (χ0n) is 11.7. The third-order valence-corrected chi connectivity index (χ3v) is 3.39. The van der Waals surface area contributed by atoms with Gasteiger partial charge in [0.1, 0.15) is 0 Å². The van der Waals surface area contributed by atoms with Gasteiger partial charge < -0.3 is 5.73 Å². The molecule has 2 aromatic rings. The van der Waals surface area contributed by atoms with Crippen molar-refractivity contribution in [1.82, 2.24) is 4.90 Å². The number of rotatable bonds is 5. The lowest BCUT2D eigenvalue weighted by atomic mass is 9.99. The van der Waals surface area contributed by atoms with Crippen LogP contribution in [0.1, 0.15) is 24.1 Å². The first-order valence-corrected chi connectivity index (χ1v) is 6.73. The summed E-state index contributed by atoms with van der Waals surface area (Å²) in [6.45, 7) is 2.97. The summed E-state index contributed by atoms with van der Waals surface area (Å²) in [6.07, 6.45) is 0. The maximum Gasteiger partial charge on any atom is 0.0496 e. The number of hydrogen-bond donors (Lipinski definition) is 1. The molecule has 0 aliphatic carbocycles. The maximum absolute atomic E-state index is 6.18. The largest absolute Gasteiger partial charge is 0.326 e. The van der Waals surface area contributed by atoms with E-state index in [9.17, 15) is 0 Å². The Morgan fingerprint density at radius 3 is 2.00 bits per heavy atom. The number of nitrogens with two attached hydrogens (primary N) is 1. The molecular formula is C17H22N2. The van der Waals surface area contributed by atoms with Gasteiger partial charge in [0.2, 0.25) is 0 Å². The summed E-state index contributed by atoms with van der Waals surface area (Å²) < 4.78 is 0. The van der Waals surface area contributed by atoms with Gasteiger partial charge in [-0.3, -0.25) is 4.90 Å². The summed E-state index contributed by atoms with van der Waals surface area (Å²) in [5.41, 5.74) is 8.77. The van der Waals surface area contributed by atoms with Crippen LogP contribution in [0.5, 0.6) is 0 Å². The van der Waals surface area contributed by atoms with Crippen LogP contribution in [0.4, 0.5) is 0 Å². The Bertz CT molecular complexity index is 479. The van der Waals surface area contributed by atoms with Crippen molar-refractivity contribution < 1.29 is 0 Å². The average Bonchev–Trinajstić information content (AvgIpc) is 2.40. The van der Waals surface area contributed by atoms with Crippen molar-refractivity contribution in [1.29, 1.82) is 0 Å². The van der Waals surface area contributed by atoms with Gasteiger partial charge in [-0.1, -0.05) is 60.7 Å². The number of hydrogen-bond acceptors (Lipinski definition) is 2. The van der Waals surface area contributed by atoms with E-state index in [4.69, 9.17) is 5.73 Å². The van der Waals surface area contributed by atoms with Crippen molar-refractivity contribution in [3.8, 4) is 0 Å². The van der Waals surface area contributed by atoms with Crippen molar-refractivity contribution in [2.24, 2.45) is 5.73 Å². The first-order chi connectivity index (χ1) is 9.18. The maximum atomic E-state index is 6.18. The van der Waals surface area contributed by atoms with E-state index in [-0.39, 0.29) is 12.1 Å². The molecule has 2 heteroatoms. The molecule has 2 atom stereocenters. The lowest BCUT2D eigenvalue weighted by molar-refractivity contribution is 0.211. The second-order valence-corrected chi connectivity index (χ2v) is 5.12. The fourth-order valence-electron chi connectivity index (χ4n) is 2.58. The molecule has 0 bridgehead atoms. The number of benzene rings is 2. The second-order valence-electron chi connectivity index (χ2n) is 5.12. The highest BCUT2D eigenvalue weighted by Gasteiger charge is 2.20. The Balaban J connectivity index is 2.16. The number of nitrogens with zero attached hydrogens (tertiary/aromatic N) is 1. The Kier molecular flexibility index (Phi) is 4.72. The lowest BCUT2D eigenvalue weighted by Gasteiger charge is -2.31. The van der Waals surface area contributed by atoms with E-state index < -0.39 is 0 Å². The van der Waals surface area contributed by atoms with E-state index in [0.717, 1.165) is 6.54 Å². The Labute approximate surface area is 115 Å². The van der Waals surface area contributed by atoms with Gasteiger partial charge in [-0.25, -0.2) is 0 Å². The summed E-state index contributed by atoms with van der Waals surface area (Å²) in [4.78, 5) is 2.31. The van der Waals surface area contributed by atoms with Gasteiger partial charge >= 0.3 is 0 Å². The van der Waals surface area contributed by atoms with Crippen LogP contribution in [0.3, 0.4) is 0 Å². The summed E-state index contributed by atoms with van der Waals surface area (Å²) in [5.74, 6) is 0. The van der Waals surface area contributed by atoms with Crippen LogP contribution >= 0.6 is 0 Å². The monoisotopic (exact) mass is 254 g/mol. The first-order valence-electron chi connectivity index (χ1n) is 6.73. The zero-order valence-corrected chi connectivity index (χ0v) is 11.7. The molecule has 0 saturated carbocycles. The van der Waals surface area contributed by atoms with E-state index in [0.29, 0.717) is 0 Å². The molecule has 0 radical (unpaired) electrons. The molecule has 0 amide bonds. The van der Waals surface area contributed by atoms with Crippen molar-refractivity contribution in [3.63, 3.8) is 0 Å². The molecule has 0 fully saturated rings. The highest BCUT2D eigenvalue weighted by Crippen LogP contribution is 2.23. The van der Waals surface area contributed by atoms with Crippen LogP contribution in [0.25, 0.3) is 0 Å². The van der Waals surface area contributed by atoms with Crippen molar-refractivity contribution >= 4 is 0 Å². The van der Waals surface area contributed by atoms with Crippen LogP contribution in [-0.2, 0) is 6.54 Å². The molecule has 19 heavy (non-hydrogen) atoms. The SMILES string of the molecule is CC(N)C(c1ccccc1)N(C)Cc1ccccc1. The Morgan fingerprint density at radius 2 is 1.47 bits per heavy atom. The molecule has 2 unspecified atom stereocenters. The molecular weight excluding hydrogens is 232 g/mol. The molecule has 2 aromatic carbocycles. The quantitative estimate of drug-likeness (QED) is 0.887. The second kappa shape index (κ2) is 6.50. The summed E-state index contributed by atoms with van der Waals surface area (Å²) in [6, 6.07) is 21.3. The lowest BCUT2D eigenvalue weighted by Crippen LogP contribution is -2.36. The fourth-order valence-corrected chi connectivity index (χ4v) is 2.58. The van der Waals surface area contributed by atoms with E-state index in [2.05, 4.69) is 67.4 Å². The standard InChI is InChI=1S/C17H22N2/c1-14(18)17(16-11-7-4-8-12-16)19(2)13-15-9-5-3-6-10-15/h3-12,14,17H,13,18H2,1-2H3. The van der Waals surface area contributed by atoms with Gasteiger partial charge in [-0.2, -0.15) is 0 Å². The summed E-state index contributed by atoms with van der Waals surface area (Å²) in [5, 5.41) is 0. The molecule has 2 rings (SSSR count). The molecule has 0 spiro atoms. The van der Waals surface area contributed by atoms with Gasteiger partial charge in [-0.15, -0.1) is 0 Å². The molecule has 2 N–H and O–H groups in total. The van der Waals surface area contributed by atoms with E-state index in [1.165, 1.54) is 11.1 Å². The fraction of sp³-hybridized carbons (Fsp3) is 0.294. The van der Waals surface area contributed by atoms with Gasteiger partial charge in [0.05, 0.1) is 0 Å². The molecule has 100 valence electrons. The predicted octanol–water partition coefficient (Wildman–Crippen LogP) is 3.21. The van der Waals surface area contributed by atoms with Crippen LogP contribution in [0.2, 0.25) is 0 Å². The highest BCUT2D eigenvalue weighted by molar-refractivity contribution is 5.21.